The smallest absolute Gasteiger partial charge is 0.249 e. The van der Waals surface area contributed by atoms with Crippen LogP contribution in [0.25, 0.3) is 0 Å². The van der Waals surface area contributed by atoms with Gasteiger partial charge in [-0.05, 0) is 49.1 Å². The van der Waals surface area contributed by atoms with Gasteiger partial charge in [0, 0.05) is 22.9 Å². The van der Waals surface area contributed by atoms with Crippen molar-refractivity contribution in [3.63, 3.8) is 0 Å². The third-order valence-corrected chi connectivity index (χ3v) is 4.86. The minimum Gasteiger partial charge on any atom is -0.325 e. The van der Waals surface area contributed by atoms with Crippen molar-refractivity contribution in [2.45, 2.75) is 19.8 Å². The Labute approximate surface area is 151 Å². The van der Waals surface area contributed by atoms with E-state index >= 15 is 0 Å². The van der Waals surface area contributed by atoms with Gasteiger partial charge in [0.1, 0.15) is 0 Å². The van der Waals surface area contributed by atoms with Crippen LogP contribution in [-0.2, 0) is 6.42 Å². The molecule has 0 radical (unpaired) electrons. The van der Waals surface area contributed by atoms with Gasteiger partial charge >= 0.3 is 0 Å². The van der Waals surface area contributed by atoms with E-state index in [2.05, 4.69) is 49.7 Å². The predicted molar refractivity (Wildman–Crippen MR) is 101 cm³/mol. The van der Waals surface area contributed by atoms with Crippen LogP contribution in [-0.4, -0.2) is 21.7 Å². The van der Waals surface area contributed by atoms with Crippen LogP contribution >= 0.6 is 11.6 Å². The van der Waals surface area contributed by atoms with Crippen LogP contribution in [0.3, 0.4) is 0 Å². The highest BCUT2D eigenvalue weighted by molar-refractivity contribution is 6.31. The Hall–Kier alpha value is -2.66. The molecule has 6 heteroatoms. The van der Waals surface area contributed by atoms with Gasteiger partial charge in [0.25, 0.3) is 0 Å². The van der Waals surface area contributed by atoms with Crippen LogP contribution in [0, 0.1) is 6.92 Å². The number of hydrogen-bond acceptors (Lipinski definition) is 5. The largest absolute Gasteiger partial charge is 0.325 e. The van der Waals surface area contributed by atoms with Gasteiger partial charge in [0.2, 0.25) is 5.95 Å². The van der Waals surface area contributed by atoms with Crippen LogP contribution in [0.15, 0.2) is 48.7 Å². The Balaban J connectivity index is 1.66. The molecule has 0 fully saturated rings. The molecule has 0 unspecified atom stereocenters. The Kier molecular flexibility index (Phi) is 4.24. The molecule has 0 bridgehead atoms. The lowest BCUT2D eigenvalue weighted by atomic mass is 10.0. The second kappa shape index (κ2) is 6.69. The normalized spacial score (nSPS) is 13.4. The van der Waals surface area contributed by atoms with E-state index in [4.69, 9.17) is 11.6 Å². The van der Waals surface area contributed by atoms with Crippen molar-refractivity contribution in [1.82, 2.24) is 15.2 Å². The first-order valence-electron chi connectivity index (χ1n) is 8.30. The topological polar surface area (TPSA) is 53.9 Å². The molecule has 1 aliphatic rings. The number of aromatic nitrogens is 3. The van der Waals surface area contributed by atoms with Gasteiger partial charge < -0.3 is 10.2 Å². The fraction of sp³-hybridized carbons (Fsp3) is 0.211. The number of hydrogen-bond donors (Lipinski definition) is 1. The zero-order valence-corrected chi connectivity index (χ0v) is 14.7. The zero-order chi connectivity index (χ0) is 17.2. The first-order valence-corrected chi connectivity index (χ1v) is 8.67. The molecule has 126 valence electrons. The van der Waals surface area contributed by atoms with E-state index in [0.717, 1.165) is 36.5 Å². The molecule has 2 aromatic carbocycles. The summed E-state index contributed by atoms with van der Waals surface area (Å²) >= 11 is 6.18. The second-order valence-corrected chi connectivity index (χ2v) is 6.47. The summed E-state index contributed by atoms with van der Waals surface area (Å²) in [6.07, 6.45) is 3.90. The van der Waals surface area contributed by atoms with Crippen molar-refractivity contribution in [3.05, 3.63) is 64.8 Å². The van der Waals surface area contributed by atoms with Crippen LogP contribution in [0.2, 0.25) is 5.02 Å². The SMILES string of the molecule is Cc1c(Cl)cccc1Nc1nncc(N2CCCc3ccccc32)n1. The Morgan fingerprint density at radius 3 is 2.92 bits per heavy atom. The average Bonchev–Trinajstić information content (AvgIpc) is 2.65. The van der Waals surface area contributed by atoms with Gasteiger partial charge in [-0.1, -0.05) is 35.9 Å². The fourth-order valence-corrected chi connectivity index (χ4v) is 3.29. The summed E-state index contributed by atoms with van der Waals surface area (Å²) < 4.78 is 0. The van der Waals surface area contributed by atoms with Crippen LogP contribution in [0.5, 0.6) is 0 Å². The van der Waals surface area contributed by atoms with Crippen molar-refractivity contribution >= 4 is 34.7 Å². The molecule has 0 amide bonds. The van der Waals surface area contributed by atoms with Crippen molar-refractivity contribution in [2.24, 2.45) is 0 Å². The lowest BCUT2D eigenvalue weighted by Crippen LogP contribution is -2.25. The number of nitrogens with one attached hydrogen (secondary N) is 1. The maximum Gasteiger partial charge on any atom is 0.249 e. The molecule has 4 rings (SSSR count). The minimum absolute atomic E-state index is 0.464. The summed E-state index contributed by atoms with van der Waals surface area (Å²) in [5.41, 5.74) is 4.37. The van der Waals surface area contributed by atoms with Gasteiger partial charge in [-0.15, -0.1) is 5.10 Å². The van der Waals surface area contributed by atoms with E-state index in [0.29, 0.717) is 11.0 Å². The Morgan fingerprint density at radius 2 is 2.00 bits per heavy atom. The summed E-state index contributed by atoms with van der Waals surface area (Å²) in [6, 6.07) is 14.1. The molecule has 0 saturated heterocycles. The van der Waals surface area contributed by atoms with E-state index in [9.17, 15) is 0 Å². The first-order chi connectivity index (χ1) is 12.2. The molecule has 0 spiro atoms. The van der Waals surface area contributed by atoms with Gasteiger partial charge in [-0.25, -0.2) is 0 Å². The van der Waals surface area contributed by atoms with Gasteiger partial charge in [0.15, 0.2) is 5.82 Å². The average molecular weight is 352 g/mol. The van der Waals surface area contributed by atoms with Gasteiger partial charge in [0.05, 0.1) is 6.20 Å². The van der Waals surface area contributed by atoms with E-state index in [1.54, 1.807) is 6.20 Å². The van der Waals surface area contributed by atoms with Crippen molar-refractivity contribution in [1.29, 1.82) is 0 Å². The van der Waals surface area contributed by atoms with Gasteiger partial charge in [-0.3, -0.25) is 0 Å². The monoisotopic (exact) mass is 351 g/mol. The molecular formula is C19H18ClN5. The summed E-state index contributed by atoms with van der Waals surface area (Å²) in [7, 11) is 0. The molecule has 2 heterocycles. The molecule has 0 aliphatic carbocycles. The number of fused-ring (bicyclic) bond motifs is 1. The molecule has 5 nitrogen and oxygen atoms in total. The minimum atomic E-state index is 0.464. The van der Waals surface area contributed by atoms with Crippen LogP contribution in [0.4, 0.5) is 23.1 Å². The summed E-state index contributed by atoms with van der Waals surface area (Å²) in [4.78, 5) is 6.86. The highest BCUT2D eigenvalue weighted by Crippen LogP contribution is 2.32. The molecule has 1 N–H and O–H groups in total. The van der Waals surface area contributed by atoms with E-state index in [1.165, 1.54) is 11.3 Å². The number of benzene rings is 2. The number of anilines is 4. The lowest BCUT2D eigenvalue weighted by Gasteiger charge is -2.30. The fourth-order valence-electron chi connectivity index (χ4n) is 3.11. The third kappa shape index (κ3) is 3.15. The van der Waals surface area contributed by atoms with E-state index in [1.807, 2.05) is 25.1 Å². The lowest BCUT2D eigenvalue weighted by molar-refractivity contribution is 0.754. The molecule has 0 saturated carbocycles. The molecule has 3 aromatic rings. The number of halogens is 1. The predicted octanol–water partition coefficient (Wildman–Crippen LogP) is 4.66. The van der Waals surface area contributed by atoms with Crippen LogP contribution in [0.1, 0.15) is 17.5 Å². The highest BCUT2D eigenvalue weighted by atomic mass is 35.5. The van der Waals surface area contributed by atoms with Crippen molar-refractivity contribution in [2.75, 3.05) is 16.8 Å². The Bertz CT molecular complexity index is 912. The highest BCUT2D eigenvalue weighted by Gasteiger charge is 2.19. The van der Waals surface area contributed by atoms with Gasteiger partial charge in [-0.2, -0.15) is 10.1 Å². The van der Waals surface area contributed by atoms with Crippen molar-refractivity contribution in [3.8, 4) is 0 Å². The van der Waals surface area contributed by atoms with E-state index < -0.39 is 0 Å². The summed E-state index contributed by atoms with van der Waals surface area (Å²) in [6.45, 7) is 2.88. The number of rotatable bonds is 3. The molecule has 0 atom stereocenters. The second-order valence-electron chi connectivity index (χ2n) is 6.06. The van der Waals surface area contributed by atoms with E-state index in [-0.39, 0.29) is 0 Å². The molecule has 1 aromatic heterocycles. The summed E-state index contributed by atoms with van der Waals surface area (Å²) in [5, 5.41) is 12.2. The maximum absolute atomic E-state index is 6.18. The summed E-state index contributed by atoms with van der Waals surface area (Å²) in [5.74, 6) is 1.26. The first kappa shape index (κ1) is 15.8. The molecular weight excluding hydrogens is 334 g/mol. The zero-order valence-electron chi connectivity index (χ0n) is 13.9. The number of para-hydroxylation sites is 1. The molecule has 25 heavy (non-hydrogen) atoms. The third-order valence-electron chi connectivity index (χ3n) is 4.45. The molecule has 1 aliphatic heterocycles. The number of nitrogens with zero attached hydrogens (tertiary/aromatic N) is 4. The van der Waals surface area contributed by atoms with Crippen LogP contribution < -0.4 is 10.2 Å². The maximum atomic E-state index is 6.18. The number of aryl methyl sites for hydroxylation is 1. The quantitative estimate of drug-likeness (QED) is 0.743. The Morgan fingerprint density at radius 1 is 1.12 bits per heavy atom. The standard InChI is InChI=1S/C19H18ClN5/c1-13-15(20)8-4-9-16(13)22-19-23-18(12-21-24-19)25-11-5-7-14-6-2-3-10-17(14)25/h2-4,6,8-10,12H,5,7,11H2,1H3,(H,22,23,24). The van der Waals surface area contributed by atoms with Crippen molar-refractivity contribution < 1.29 is 0 Å².